The Balaban J connectivity index is 2.70. The van der Waals surface area contributed by atoms with Gasteiger partial charge >= 0.3 is 0 Å². The van der Waals surface area contributed by atoms with Gasteiger partial charge in [-0.3, -0.25) is 0 Å². The quantitative estimate of drug-likeness (QED) is 0.647. The molecule has 70 valence electrons. The van der Waals surface area contributed by atoms with E-state index in [1.54, 1.807) is 6.08 Å². The van der Waals surface area contributed by atoms with Gasteiger partial charge in [0.2, 0.25) is 0 Å². The van der Waals surface area contributed by atoms with Crippen LogP contribution in [0.1, 0.15) is 19.3 Å². The maximum atomic E-state index is 11.0. The lowest BCUT2D eigenvalue weighted by atomic mass is 10.2. The van der Waals surface area contributed by atoms with Crippen molar-refractivity contribution in [1.29, 1.82) is 0 Å². The van der Waals surface area contributed by atoms with Crippen molar-refractivity contribution in [1.82, 2.24) is 4.31 Å². The van der Waals surface area contributed by atoms with Crippen LogP contribution >= 0.6 is 0 Å². The molecule has 1 aliphatic rings. The fraction of sp³-hybridized carbons (Fsp3) is 0.714. The normalized spacial score (nSPS) is 25.9. The molecule has 1 unspecified atom stereocenters. The minimum absolute atomic E-state index is 0.0394. The monoisotopic (exact) mass is 190 g/mol. The molecule has 1 fully saturated rings. The minimum atomic E-state index is -3.49. The predicted molar refractivity (Wildman–Crippen MR) is 47.6 cm³/mol. The molecule has 5 heteroatoms. The van der Waals surface area contributed by atoms with E-state index in [0.29, 0.717) is 13.0 Å². The fourth-order valence-corrected chi connectivity index (χ4v) is 2.56. The standard InChI is InChI=1S/C7H14N2O2S/c1-2-4-7-5-3-6-9(7)12(8,10)11/h2,7H,1,3-6H2,(H2,8,10,11). The van der Waals surface area contributed by atoms with Gasteiger partial charge in [0.05, 0.1) is 0 Å². The smallest absolute Gasteiger partial charge is 0.216 e. The lowest BCUT2D eigenvalue weighted by Crippen LogP contribution is -2.39. The van der Waals surface area contributed by atoms with Gasteiger partial charge in [-0.2, -0.15) is 12.7 Å². The molecule has 0 spiro atoms. The van der Waals surface area contributed by atoms with E-state index in [2.05, 4.69) is 6.58 Å². The highest BCUT2D eigenvalue weighted by molar-refractivity contribution is 7.86. The van der Waals surface area contributed by atoms with Crippen LogP contribution in [0.15, 0.2) is 12.7 Å². The van der Waals surface area contributed by atoms with Crippen LogP contribution in [0.5, 0.6) is 0 Å². The van der Waals surface area contributed by atoms with E-state index in [9.17, 15) is 8.42 Å². The Bertz CT molecular complexity index is 261. The number of hydrogen-bond donors (Lipinski definition) is 1. The highest BCUT2D eigenvalue weighted by atomic mass is 32.2. The van der Waals surface area contributed by atoms with Gasteiger partial charge in [0.1, 0.15) is 0 Å². The lowest BCUT2D eigenvalue weighted by Gasteiger charge is -2.19. The third-order valence-corrected chi connectivity index (χ3v) is 3.22. The van der Waals surface area contributed by atoms with Gasteiger partial charge in [-0.05, 0) is 19.3 Å². The van der Waals surface area contributed by atoms with Gasteiger partial charge in [-0.25, -0.2) is 5.14 Å². The Morgan fingerprint density at radius 3 is 2.83 bits per heavy atom. The molecule has 0 aromatic rings. The summed E-state index contributed by atoms with van der Waals surface area (Å²) >= 11 is 0. The van der Waals surface area contributed by atoms with Crippen LogP contribution in [0.4, 0.5) is 0 Å². The van der Waals surface area contributed by atoms with Crippen molar-refractivity contribution in [3.63, 3.8) is 0 Å². The SMILES string of the molecule is C=CCC1CCCN1S(N)(=O)=O. The Morgan fingerprint density at radius 1 is 1.67 bits per heavy atom. The topological polar surface area (TPSA) is 63.4 Å². The van der Waals surface area contributed by atoms with Crippen LogP contribution in [-0.2, 0) is 10.2 Å². The summed E-state index contributed by atoms with van der Waals surface area (Å²) < 4.78 is 23.3. The lowest BCUT2D eigenvalue weighted by molar-refractivity contribution is 0.390. The van der Waals surface area contributed by atoms with E-state index in [1.165, 1.54) is 4.31 Å². The summed E-state index contributed by atoms with van der Waals surface area (Å²) in [6, 6.07) is 0.0394. The molecule has 0 aliphatic carbocycles. The molecule has 0 bridgehead atoms. The zero-order chi connectivity index (χ0) is 9.19. The van der Waals surface area contributed by atoms with E-state index in [0.717, 1.165) is 12.8 Å². The molecule has 0 radical (unpaired) electrons. The average Bonchev–Trinajstić information content (AvgIpc) is 2.34. The fourth-order valence-electron chi connectivity index (χ4n) is 1.57. The summed E-state index contributed by atoms with van der Waals surface area (Å²) in [5.74, 6) is 0. The molecule has 1 atom stereocenters. The van der Waals surface area contributed by atoms with Crippen LogP contribution in [0.25, 0.3) is 0 Å². The van der Waals surface area contributed by atoms with E-state index >= 15 is 0 Å². The third kappa shape index (κ3) is 2.06. The molecular formula is C7H14N2O2S. The van der Waals surface area contributed by atoms with E-state index < -0.39 is 10.2 Å². The van der Waals surface area contributed by atoms with Gasteiger partial charge in [0.15, 0.2) is 0 Å². The van der Waals surface area contributed by atoms with Crippen molar-refractivity contribution in [3.05, 3.63) is 12.7 Å². The van der Waals surface area contributed by atoms with Crippen molar-refractivity contribution in [3.8, 4) is 0 Å². The van der Waals surface area contributed by atoms with Crippen LogP contribution in [0.2, 0.25) is 0 Å². The molecule has 12 heavy (non-hydrogen) atoms. The van der Waals surface area contributed by atoms with Crippen LogP contribution in [-0.4, -0.2) is 25.3 Å². The zero-order valence-corrected chi connectivity index (χ0v) is 7.76. The van der Waals surface area contributed by atoms with E-state index in [4.69, 9.17) is 5.14 Å². The second kappa shape index (κ2) is 3.55. The van der Waals surface area contributed by atoms with Crippen LogP contribution in [0, 0.1) is 0 Å². The maximum Gasteiger partial charge on any atom is 0.277 e. The number of nitrogens with zero attached hydrogens (tertiary/aromatic N) is 1. The Labute approximate surface area is 73.2 Å². The summed E-state index contributed by atoms with van der Waals surface area (Å²) in [4.78, 5) is 0. The Kier molecular flexibility index (Phi) is 2.87. The van der Waals surface area contributed by atoms with Crippen molar-refractivity contribution >= 4 is 10.2 Å². The van der Waals surface area contributed by atoms with E-state index in [1.807, 2.05) is 0 Å². The summed E-state index contributed by atoms with van der Waals surface area (Å²) in [6.45, 7) is 4.13. The first-order valence-corrected chi connectivity index (χ1v) is 5.46. The zero-order valence-electron chi connectivity index (χ0n) is 6.94. The first kappa shape index (κ1) is 9.70. The third-order valence-electron chi connectivity index (χ3n) is 2.09. The molecule has 1 rings (SSSR count). The molecular weight excluding hydrogens is 176 g/mol. The number of rotatable bonds is 3. The molecule has 0 aromatic carbocycles. The maximum absolute atomic E-state index is 11.0. The van der Waals surface area contributed by atoms with Crippen LogP contribution < -0.4 is 5.14 Å². The molecule has 4 nitrogen and oxygen atoms in total. The highest BCUT2D eigenvalue weighted by Gasteiger charge is 2.30. The first-order chi connectivity index (χ1) is 5.55. The molecule has 1 heterocycles. The van der Waals surface area contributed by atoms with Gasteiger partial charge in [-0.15, -0.1) is 6.58 Å². The average molecular weight is 190 g/mol. The van der Waals surface area contributed by atoms with Gasteiger partial charge in [-0.1, -0.05) is 6.08 Å². The van der Waals surface area contributed by atoms with Gasteiger partial charge in [0, 0.05) is 12.6 Å². The minimum Gasteiger partial charge on any atom is -0.216 e. The second-order valence-corrected chi connectivity index (χ2v) is 4.48. The van der Waals surface area contributed by atoms with E-state index in [-0.39, 0.29) is 6.04 Å². The predicted octanol–water partition coefficient (Wildman–Crippen LogP) is 0.230. The van der Waals surface area contributed by atoms with Crippen molar-refractivity contribution < 1.29 is 8.42 Å². The van der Waals surface area contributed by atoms with Crippen molar-refractivity contribution in [2.45, 2.75) is 25.3 Å². The number of nitrogens with two attached hydrogens (primary N) is 1. The molecule has 0 amide bonds. The second-order valence-electron chi connectivity index (χ2n) is 2.98. The summed E-state index contributed by atoms with van der Waals surface area (Å²) in [7, 11) is -3.49. The molecule has 2 N–H and O–H groups in total. The van der Waals surface area contributed by atoms with Crippen molar-refractivity contribution in [2.24, 2.45) is 5.14 Å². The summed E-state index contributed by atoms with van der Waals surface area (Å²) in [5, 5.41) is 5.03. The summed E-state index contributed by atoms with van der Waals surface area (Å²) in [5.41, 5.74) is 0. The van der Waals surface area contributed by atoms with Crippen molar-refractivity contribution in [2.75, 3.05) is 6.54 Å². The summed E-state index contributed by atoms with van der Waals surface area (Å²) in [6.07, 6.45) is 4.21. The molecule has 1 saturated heterocycles. The van der Waals surface area contributed by atoms with Gasteiger partial charge < -0.3 is 0 Å². The molecule has 0 aromatic heterocycles. The Hall–Kier alpha value is -0.390. The molecule has 1 aliphatic heterocycles. The Morgan fingerprint density at radius 2 is 2.33 bits per heavy atom. The van der Waals surface area contributed by atoms with Gasteiger partial charge in [0.25, 0.3) is 10.2 Å². The highest BCUT2D eigenvalue weighted by Crippen LogP contribution is 2.21. The first-order valence-electron chi connectivity index (χ1n) is 3.96. The molecule has 0 saturated carbocycles. The van der Waals surface area contributed by atoms with Crippen LogP contribution in [0.3, 0.4) is 0 Å². The largest absolute Gasteiger partial charge is 0.277 e. The number of hydrogen-bond acceptors (Lipinski definition) is 2.